The molecule has 0 radical (unpaired) electrons. The Labute approximate surface area is 204 Å². The van der Waals surface area contributed by atoms with Crippen molar-refractivity contribution in [3.05, 3.63) is 70.8 Å². The monoisotopic (exact) mass is 470 g/mol. The Morgan fingerprint density at radius 1 is 0.844 bits per heavy atom. The minimum atomic E-state index is -0.139. The van der Waals surface area contributed by atoms with Gasteiger partial charge in [-0.15, -0.1) is 23.2 Å². The fourth-order valence-electron chi connectivity index (χ4n) is 4.36. The number of nitriles is 1. The van der Waals surface area contributed by atoms with Gasteiger partial charge in [0.1, 0.15) is 0 Å². The SMILES string of the molecule is CC#N.CCCN(CCCc1ccc(C2(Cl)CC2)c(C2(Cl)CC2)c1)CCc1ccccc1. The van der Waals surface area contributed by atoms with Gasteiger partial charge in [0, 0.05) is 13.5 Å². The molecule has 2 aromatic carbocycles. The van der Waals surface area contributed by atoms with E-state index in [0.29, 0.717) is 0 Å². The summed E-state index contributed by atoms with van der Waals surface area (Å²) < 4.78 is 0. The Morgan fingerprint density at radius 3 is 2.06 bits per heavy atom. The van der Waals surface area contributed by atoms with Crippen LogP contribution in [-0.4, -0.2) is 24.5 Å². The highest BCUT2D eigenvalue weighted by atomic mass is 35.5. The number of nitrogens with zero attached hydrogens (tertiary/aromatic N) is 2. The Balaban J connectivity index is 0.000000913. The number of rotatable bonds is 11. The summed E-state index contributed by atoms with van der Waals surface area (Å²) in [5, 5.41) is 7.32. The third-order valence-corrected chi connectivity index (χ3v) is 7.63. The molecule has 0 bridgehead atoms. The van der Waals surface area contributed by atoms with Gasteiger partial charge in [-0.05, 0) is 86.7 Å². The minimum absolute atomic E-state index is 0.131. The zero-order valence-corrected chi connectivity index (χ0v) is 21.1. The van der Waals surface area contributed by atoms with Crippen LogP contribution in [0.15, 0.2) is 48.5 Å². The van der Waals surface area contributed by atoms with E-state index in [9.17, 15) is 0 Å². The molecule has 0 heterocycles. The first-order valence-electron chi connectivity index (χ1n) is 12.0. The molecule has 0 aromatic heterocycles. The van der Waals surface area contributed by atoms with Crippen LogP contribution in [0, 0.1) is 11.3 Å². The molecule has 4 rings (SSSR count). The number of aryl methyl sites for hydroxylation is 1. The first-order valence-corrected chi connectivity index (χ1v) is 12.8. The topological polar surface area (TPSA) is 27.0 Å². The third-order valence-electron chi connectivity index (χ3n) is 6.47. The summed E-state index contributed by atoms with van der Waals surface area (Å²) >= 11 is 13.6. The van der Waals surface area contributed by atoms with Gasteiger partial charge in [0.15, 0.2) is 0 Å². The van der Waals surface area contributed by atoms with Crippen LogP contribution < -0.4 is 0 Å². The molecule has 0 unspecified atom stereocenters. The fourth-order valence-corrected chi connectivity index (χ4v) is 4.87. The van der Waals surface area contributed by atoms with Crippen LogP contribution in [0.1, 0.15) is 74.6 Å². The molecular weight excluding hydrogens is 435 g/mol. The second kappa shape index (κ2) is 11.6. The zero-order valence-electron chi connectivity index (χ0n) is 19.5. The largest absolute Gasteiger partial charge is 0.303 e. The summed E-state index contributed by atoms with van der Waals surface area (Å²) in [6.07, 6.45) is 8.98. The Kier molecular flexibility index (Phi) is 9.06. The van der Waals surface area contributed by atoms with E-state index in [1.54, 1.807) is 6.07 Å². The van der Waals surface area contributed by atoms with E-state index in [1.807, 2.05) is 0 Å². The maximum Gasteiger partial charge on any atom is 0.0699 e. The van der Waals surface area contributed by atoms with Crippen LogP contribution in [0.3, 0.4) is 0 Å². The molecule has 2 saturated carbocycles. The van der Waals surface area contributed by atoms with Gasteiger partial charge in [-0.25, -0.2) is 0 Å². The summed E-state index contributed by atoms with van der Waals surface area (Å²) in [6, 6.07) is 19.5. The number of alkyl halides is 2. The normalized spacial score (nSPS) is 17.2. The summed E-state index contributed by atoms with van der Waals surface area (Å²) in [7, 11) is 0. The van der Waals surface area contributed by atoms with Crippen molar-refractivity contribution in [3.63, 3.8) is 0 Å². The first kappa shape index (κ1) is 25.1. The van der Waals surface area contributed by atoms with E-state index in [0.717, 1.165) is 51.6 Å². The molecule has 4 heteroatoms. The average Bonchev–Trinajstić information content (AvgIpc) is 3.72. The summed E-state index contributed by atoms with van der Waals surface area (Å²) in [5.41, 5.74) is 5.46. The number of halogens is 2. The van der Waals surface area contributed by atoms with Gasteiger partial charge >= 0.3 is 0 Å². The molecule has 0 aliphatic heterocycles. The highest BCUT2D eigenvalue weighted by Gasteiger charge is 2.50. The molecule has 2 aromatic rings. The molecule has 0 spiro atoms. The van der Waals surface area contributed by atoms with Crippen molar-refractivity contribution in [1.82, 2.24) is 4.90 Å². The summed E-state index contributed by atoms with van der Waals surface area (Å²) in [6.45, 7) is 7.18. The van der Waals surface area contributed by atoms with E-state index < -0.39 is 0 Å². The molecule has 0 N–H and O–H groups in total. The van der Waals surface area contributed by atoms with Crippen molar-refractivity contribution in [2.24, 2.45) is 0 Å². The lowest BCUT2D eigenvalue weighted by atomic mass is 9.94. The highest BCUT2D eigenvalue weighted by molar-refractivity contribution is 6.28. The molecule has 32 heavy (non-hydrogen) atoms. The lowest BCUT2D eigenvalue weighted by molar-refractivity contribution is 0.274. The van der Waals surface area contributed by atoms with Crippen LogP contribution in [0.4, 0.5) is 0 Å². The third kappa shape index (κ3) is 6.98. The van der Waals surface area contributed by atoms with Crippen molar-refractivity contribution in [1.29, 1.82) is 5.26 Å². The predicted molar refractivity (Wildman–Crippen MR) is 136 cm³/mol. The van der Waals surface area contributed by atoms with Crippen molar-refractivity contribution < 1.29 is 0 Å². The van der Waals surface area contributed by atoms with E-state index >= 15 is 0 Å². The summed E-state index contributed by atoms with van der Waals surface area (Å²) in [5.74, 6) is 0. The molecule has 0 atom stereocenters. The first-order chi connectivity index (χ1) is 15.4. The van der Waals surface area contributed by atoms with Crippen LogP contribution in [0.25, 0.3) is 0 Å². The smallest absolute Gasteiger partial charge is 0.0699 e. The van der Waals surface area contributed by atoms with Gasteiger partial charge in [-0.3, -0.25) is 0 Å². The fraction of sp³-hybridized carbons (Fsp3) is 0.536. The minimum Gasteiger partial charge on any atom is -0.303 e. The van der Waals surface area contributed by atoms with Gasteiger partial charge in [0.05, 0.1) is 15.8 Å². The van der Waals surface area contributed by atoms with Crippen LogP contribution in [0.2, 0.25) is 0 Å². The van der Waals surface area contributed by atoms with Crippen molar-refractivity contribution in [2.75, 3.05) is 19.6 Å². The molecule has 172 valence electrons. The van der Waals surface area contributed by atoms with Gasteiger partial charge in [-0.2, -0.15) is 5.26 Å². The van der Waals surface area contributed by atoms with Crippen LogP contribution >= 0.6 is 23.2 Å². The molecular formula is C28H36Cl2N2. The van der Waals surface area contributed by atoms with E-state index in [4.69, 9.17) is 28.5 Å². The zero-order chi connectivity index (χ0) is 23.0. The van der Waals surface area contributed by atoms with Crippen LogP contribution in [-0.2, 0) is 22.6 Å². The average molecular weight is 472 g/mol. The number of hydrogen-bond donors (Lipinski definition) is 0. The van der Waals surface area contributed by atoms with Gasteiger partial charge in [0.25, 0.3) is 0 Å². The highest BCUT2D eigenvalue weighted by Crippen LogP contribution is 2.60. The second-order valence-corrected chi connectivity index (χ2v) is 10.7. The molecule has 0 amide bonds. The standard InChI is InChI=1S/C26H33Cl2N.C2H3N/c1-2-17-29(19-12-21-7-4-3-5-8-21)18-6-9-22-10-11-23(25(27)13-14-25)24(20-22)26(28)15-16-26;1-2-3/h3-5,7-8,10-11,20H,2,6,9,12-19H2,1H3;1H3. The molecule has 2 aliphatic carbocycles. The van der Waals surface area contributed by atoms with Gasteiger partial charge in [-0.1, -0.05) is 55.5 Å². The second-order valence-electron chi connectivity index (χ2n) is 9.21. The lowest BCUT2D eigenvalue weighted by Gasteiger charge is -2.22. The Hall–Kier alpha value is -1.53. The van der Waals surface area contributed by atoms with Crippen molar-refractivity contribution in [3.8, 4) is 6.07 Å². The van der Waals surface area contributed by atoms with E-state index in [-0.39, 0.29) is 9.75 Å². The van der Waals surface area contributed by atoms with Crippen molar-refractivity contribution >= 4 is 23.2 Å². The lowest BCUT2D eigenvalue weighted by Crippen LogP contribution is -2.28. The summed E-state index contributed by atoms with van der Waals surface area (Å²) in [4.78, 5) is 2.34. The maximum atomic E-state index is 7.32. The van der Waals surface area contributed by atoms with E-state index in [1.165, 1.54) is 48.6 Å². The molecule has 2 nitrogen and oxygen atoms in total. The maximum absolute atomic E-state index is 7.32. The Morgan fingerprint density at radius 2 is 1.47 bits per heavy atom. The van der Waals surface area contributed by atoms with Gasteiger partial charge in [0.2, 0.25) is 0 Å². The Bertz CT molecular complexity index is 895. The van der Waals surface area contributed by atoms with Gasteiger partial charge < -0.3 is 4.90 Å². The van der Waals surface area contributed by atoms with Crippen LogP contribution in [0.5, 0.6) is 0 Å². The predicted octanol–water partition coefficient (Wildman–Crippen LogP) is 7.56. The molecule has 2 fully saturated rings. The van der Waals surface area contributed by atoms with E-state index in [2.05, 4.69) is 60.4 Å². The number of benzene rings is 2. The number of hydrogen-bond acceptors (Lipinski definition) is 2. The molecule has 2 aliphatic rings. The van der Waals surface area contributed by atoms with Crippen molar-refractivity contribution in [2.45, 2.75) is 75.0 Å². The quantitative estimate of drug-likeness (QED) is 0.316. The molecule has 0 saturated heterocycles.